The lowest BCUT2D eigenvalue weighted by atomic mass is 9.97. The maximum Gasteiger partial charge on any atom is 0.303 e. The molecule has 1 atom stereocenters. The van der Waals surface area contributed by atoms with Gasteiger partial charge >= 0.3 is 5.97 Å². The Hall–Kier alpha value is -3.04. The number of hydrogen-bond donors (Lipinski definition) is 1. The zero-order chi connectivity index (χ0) is 26.6. The first-order valence-corrected chi connectivity index (χ1v) is 15.1. The number of ether oxygens (including phenoxy) is 2. The molecular formula is C28H31NO6S2. The number of pyridine rings is 1. The van der Waals surface area contributed by atoms with Crippen LogP contribution in [0.25, 0.3) is 11.3 Å². The van der Waals surface area contributed by atoms with Crippen molar-refractivity contribution >= 4 is 27.6 Å². The Morgan fingerprint density at radius 1 is 1.11 bits per heavy atom. The van der Waals surface area contributed by atoms with Gasteiger partial charge in [-0.15, -0.1) is 11.8 Å². The first kappa shape index (κ1) is 27.0. The van der Waals surface area contributed by atoms with Crippen molar-refractivity contribution in [1.29, 1.82) is 0 Å². The molecule has 2 aromatic carbocycles. The number of aliphatic carboxylic acids is 1. The molecule has 37 heavy (non-hydrogen) atoms. The Morgan fingerprint density at radius 2 is 1.86 bits per heavy atom. The fourth-order valence-corrected chi connectivity index (χ4v) is 6.46. The van der Waals surface area contributed by atoms with Crippen molar-refractivity contribution in [3.63, 3.8) is 0 Å². The van der Waals surface area contributed by atoms with Crippen LogP contribution in [-0.4, -0.2) is 48.8 Å². The number of thioether (sulfide) groups is 1. The highest BCUT2D eigenvalue weighted by Crippen LogP contribution is 2.41. The molecule has 196 valence electrons. The first-order valence-electron chi connectivity index (χ1n) is 12.1. The zero-order valence-electron chi connectivity index (χ0n) is 21.2. The summed E-state index contributed by atoms with van der Waals surface area (Å²) in [6, 6.07) is 15.7. The van der Waals surface area contributed by atoms with Gasteiger partial charge in [0.15, 0.2) is 0 Å². The molecule has 7 nitrogen and oxygen atoms in total. The first-order chi connectivity index (χ1) is 17.6. The van der Waals surface area contributed by atoms with Crippen LogP contribution in [0.3, 0.4) is 0 Å². The summed E-state index contributed by atoms with van der Waals surface area (Å²) in [7, 11) is -2.99. The summed E-state index contributed by atoms with van der Waals surface area (Å²) in [6.07, 6.45) is 1.83. The quantitative estimate of drug-likeness (QED) is 0.321. The van der Waals surface area contributed by atoms with Crippen molar-refractivity contribution in [2.75, 3.05) is 24.4 Å². The molecule has 0 radical (unpaired) electrons. The van der Waals surface area contributed by atoms with Crippen LogP contribution in [0.2, 0.25) is 0 Å². The largest absolute Gasteiger partial charge is 0.494 e. The summed E-state index contributed by atoms with van der Waals surface area (Å²) in [5.74, 6) is 1.42. The van der Waals surface area contributed by atoms with Crippen LogP contribution in [0.4, 0.5) is 0 Å². The molecule has 0 spiro atoms. The predicted molar refractivity (Wildman–Crippen MR) is 145 cm³/mol. The van der Waals surface area contributed by atoms with E-state index in [4.69, 9.17) is 19.6 Å². The molecule has 0 saturated heterocycles. The molecule has 0 aliphatic carbocycles. The Morgan fingerprint density at radius 3 is 2.57 bits per heavy atom. The Bertz CT molecular complexity index is 1380. The number of benzene rings is 2. The SMILES string of the molecule is Cc1cc(OCCCS(C)(=O)=O)cc(C)c1-c1cccc(OCc2ccc3c(c2)SCC3CC(=O)O)n1. The molecule has 3 aromatic rings. The van der Waals surface area contributed by atoms with E-state index in [2.05, 4.69) is 6.07 Å². The van der Waals surface area contributed by atoms with Gasteiger partial charge in [-0.3, -0.25) is 4.79 Å². The molecule has 0 fully saturated rings. The number of hydrogen-bond acceptors (Lipinski definition) is 7. The molecule has 0 amide bonds. The zero-order valence-corrected chi connectivity index (χ0v) is 22.8. The van der Waals surface area contributed by atoms with Crippen molar-refractivity contribution in [3.8, 4) is 22.9 Å². The number of nitrogens with zero attached hydrogens (tertiary/aromatic N) is 1. The molecule has 1 N–H and O–H groups in total. The third kappa shape index (κ3) is 7.26. The minimum Gasteiger partial charge on any atom is -0.494 e. The van der Waals surface area contributed by atoms with Gasteiger partial charge in [-0.05, 0) is 66.8 Å². The molecule has 1 unspecified atom stereocenters. The van der Waals surface area contributed by atoms with Crippen LogP contribution >= 0.6 is 11.8 Å². The van der Waals surface area contributed by atoms with Gasteiger partial charge in [0, 0.05) is 34.5 Å². The Labute approximate surface area is 222 Å². The topological polar surface area (TPSA) is 103 Å². The lowest BCUT2D eigenvalue weighted by Crippen LogP contribution is -2.08. The van der Waals surface area contributed by atoms with E-state index in [1.165, 1.54) is 6.26 Å². The average molecular weight is 542 g/mol. The molecule has 1 aromatic heterocycles. The second-order valence-electron chi connectivity index (χ2n) is 9.39. The van der Waals surface area contributed by atoms with Crippen molar-refractivity contribution in [3.05, 3.63) is 70.8 Å². The second-order valence-corrected chi connectivity index (χ2v) is 12.7. The number of aromatic nitrogens is 1. The monoisotopic (exact) mass is 541 g/mol. The van der Waals surface area contributed by atoms with E-state index >= 15 is 0 Å². The minimum absolute atomic E-state index is 0.0570. The summed E-state index contributed by atoms with van der Waals surface area (Å²) >= 11 is 1.69. The van der Waals surface area contributed by atoms with Crippen LogP contribution in [0.5, 0.6) is 11.6 Å². The highest BCUT2D eigenvalue weighted by Gasteiger charge is 2.25. The summed E-state index contributed by atoms with van der Waals surface area (Å²) in [4.78, 5) is 17.0. The van der Waals surface area contributed by atoms with E-state index in [0.29, 0.717) is 31.3 Å². The molecular weight excluding hydrogens is 510 g/mol. The van der Waals surface area contributed by atoms with Crippen molar-refractivity contribution < 1.29 is 27.8 Å². The molecule has 1 aliphatic rings. The van der Waals surface area contributed by atoms with Crippen molar-refractivity contribution in [1.82, 2.24) is 4.98 Å². The van der Waals surface area contributed by atoms with Gasteiger partial charge < -0.3 is 14.6 Å². The predicted octanol–water partition coefficient (Wildman–Crippen LogP) is 5.42. The number of aryl methyl sites for hydroxylation is 2. The van der Waals surface area contributed by atoms with Crippen LogP contribution in [0.1, 0.15) is 41.0 Å². The van der Waals surface area contributed by atoms with E-state index in [1.807, 2.05) is 56.3 Å². The number of fused-ring (bicyclic) bond motifs is 1. The summed E-state index contributed by atoms with van der Waals surface area (Å²) in [5, 5.41) is 9.12. The van der Waals surface area contributed by atoms with E-state index in [0.717, 1.165) is 44.2 Å². The molecule has 9 heteroatoms. The van der Waals surface area contributed by atoms with Crippen molar-refractivity contribution in [2.45, 2.75) is 44.1 Å². The van der Waals surface area contributed by atoms with Gasteiger partial charge in [-0.25, -0.2) is 13.4 Å². The van der Waals surface area contributed by atoms with Gasteiger partial charge in [-0.1, -0.05) is 18.2 Å². The smallest absolute Gasteiger partial charge is 0.303 e. The number of carbonyl (C=O) groups is 1. The molecule has 1 aliphatic heterocycles. The highest BCUT2D eigenvalue weighted by molar-refractivity contribution is 7.99. The molecule has 0 saturated carbocycles. The second kappa shape index (κ2) is 11.6. The van der Waals surface area contributed by atoms with Crippen molar-refractivity contribution in [2.24, 2.45) is 0 Å². The van der Waals surface area contributed by atoms with Crippen LogP contribution in [0.15, 0.2) is 53.4 Å². The van der Waals surface area contributed by atoms with E-state index in [-0.39, 0.29) is 18.1 Å². The maximum absolute atomic E-state index is 11.3. The third-order valence-corrected chi connectivity index (χ3v) is 8.44. The van der Waals surface area contributed by atoms with E-state index < -0.39 is 15.8 Å². The van der Waals surface area contributed by atoms with Gasteiger partial charge in [0.05, 0.1) is 24.5 Å². The maximum atomic E-state index is 11.3. The third-order valence-electron chi connectivity index (χ3n) is 6.18. The summed E-state index contributed by atoms with van der Waals surface area (Å²) < 4.78 is 34.4. The fraction of sp³-hybridized carbons (Fsp3) is 0.357. The lowest BCUT2D eigenvalue weighted by molar-refractivity contribution is -0.137. The normalized spacial score (nSPS) is 14.8. The van der Waals surface area contributed by atoms with E-state index in [1.54, 1.807) is 11.8 Å². The van der Waals surface area contributed by atoms with Gasteiger partial charge in [0.1, 0.15) is 22.2 Å². The van der Waals surface area contributed by atoms with Crippen LogP contribution < -0.4 is 9.47 Å². The summed E-state index contributed by atoms with van der Waals surface area (Å²) in [6.45, 7) is 4.71. The molecule has 2 heterocycles. The van der Waals surface area contributed by atoms with Crippen LogP contribution in [0, 0.1) is 13.8 Å². The van der Waals surface area contributed by atoms with Gasteiger partial charge in [0.25, 0.3) is 0 Å². The minimum atomic E-state index is -2.99. The lowest BCUT2D eigenvalue weighted by Gasteiger charge is -2.14. The molecule has 0 bridgehead atoms. The fourth-order valence-electron chi connectivity index (χ4n) is 4.50. The highest BCUT2D eigenvalue weighted by atomic mass is 32.2. The van der Waals surface area contributed by atoms with E-state index in [9.17, 15) is 13.2 Å². The number of carboxylic acid groups (broad SMARTS) is 1. The number of rotatable bonds is 11. The Kier molecular flexibility index (Phi) is 8.44. The molecule has 4 rings (SSSR count). The number of sulfone groups is 1. The summed E-state index contributed by atoms with van der Waals surface area (Å²) in [5.41, 5.74) is 5.94. The average Bonchev–Trinajstić information content (AvgIpc) is 3.21. The standard InChI is InChI=1S/C28H31NO6S2/c1-18-12-22(34-10-5-11-37(3,32)33)13-19(2)28(18)24-6-4-7-26(29-24)35-16-20-8-9-23-21(15-27(30)31)17-36-25(23)14-20/h4,6-9,12-14,21H,5,10-11,15-17H2,1-3H3,(H,30,31). The Balaban J connectivity index is 1.42. The van der Waals surface area contributed by atoms with Gasteiger partial charge in [-0.2, -0.15) is 0 Å². The number of carboxylic acids is 1. The van der Waals surface area contributed by atoms with Crippen LogP contribution in [-0.2, 0) is 21.2 Å². The van der Waals surface area contributed by atoms with Gasteiger partial charge in [0.2, 0.25) is 5.88 Å².